The molecule has 1 heterocycles. The number of hydrogen-bond donors (Lipinski definition) is 5. The SMILES string of the molecule is CC[C@@H](CO)NC[C@@H]1O[C@H](CO)[C@@H](O)[C@@H]1O. The van der Waals surface area contributed by atoms with E-state index in [1.807, 2.05) is 6.92 Å². The number of ether oxygens (including phenoxy) is 1. The molecule has 1 rings (SSSR count). The van der Waals surface area contributed by atoms with Crippen LogP contribution in [-0.2, 0) is 4.74 Å². The molecule has 1 fully saturated rings. The Hall–Kier alpha value is -0.240. The molecule has 5 N–H and O–H groups in total. The Balaban J connectivity index is 2.38. The Morgan fingerprint density at radius 3 is 2.25 bits per heavy atom. The molecule has 0 aliphatic carbocycles. The van der Waals surface area contributed by atoms with Gasteiger partial charge in [-0.2, -0.15) is 0 Å². The number of nitrogens with one attached hydrogen (secondary N) is 1. The molecule has 16 heavy (non-hydrogen) atoms. The Morgan fingerprint density at radius 1 is 1.19 bits per heavy atom. The van der Waals surface area contributed by atoms with Gasteiger partial charge in [0.05, 0.1) is 19.3 Å². The van der Waals surface area contributed by atoms with Gasteiger partial charge in [0.25, 0.3) is 0 Å². The second-order valence-electron chi connectivity index (χ2n) is 4.07. The monoisotopic (exact) mass is 235 g/mol. The average molecular weight is 235 g/mol. The molecular formula is C10H21NO5. The van der Waals surface area contributed by atoms with Crippen molar-refractivity contribution in [3.05, 3.63) is 0 Å². The van der Waals surface area contributed by atoms with Crippen LogP contribution in [0, 0.1) is 0 Å². The minimum absolute atomic E-state index is 0.0191. The highest BCUT2D eigenvalue weighted by molar-refractivity contribution is 4.91. The Labute approximate surface area is 94.9 Å². The van der Waals surface area contributed by atoms with E-state index in [4.69, 9.17) is 14.9 Å². The van der Waals surface area contributed by atoms with E-state index < -0.39 is 24.4 Å². The van der Waals surface area contributed by atoms with E-state index in [2.05, 4.69) is 5.32 Å². The summed E-state index contributed by atoms with van der Waals surface area (Å²) in [6, 6.07) is -0.0406. The van der Waals surface area contributed by atoms with Crippen molar-refractivity contribution in [2.75, 3.05) is 19.8 Å². The van der Waals surface area contributed by atoms with Crippen LogP contribution in [0.3, 0.4) is 0 Å². The van der Waals surface area contributed by atoms with E-state index >= 15 is 0 Å². The zero-order valence-corrected chi connectivity index (χ0v) is 9.41. The summed E-state index contributed by atoms with van der Waals surface area (Å²) in [5, 5.41) is 40.0. The molecule has 1 aliphatic rings. The highest BCUT2D eigenvalue weighted by atomic mass is 16.6. The fourth-order valence-electron chi connectivity index (χ4n) is 1.77. The lowest BCUT2D eigenvalue weighted by atomic mass is 10.1. The first-order valence-corrected chi connectivity index (χ1v) is 5.60. The molecule has 0 aromatic carbocycles. The van der Waals surface area contributed by atoms with Gasteiger partial charge in [0.2, 0.25) is 0 Å². The zero-order valence-electron chi connectivity index (χ0n) is 9.41. The molecule has 5 atom stereocenters. The van der Waals surface area contributed by atoms with Gasteiger partial charge in [-0.05, 0) is 6.42 Å². The van der Waals surface area contributed by atoms with E-state index in [0.29, 0.717) is 6.54 Å². The molecule has 6 nitrogen and oxygen atoms in total. The summed E-state index contributed by atoms with van der Waals surface area (Å²) in [5.74, 6) is 0. The average Bonchev–Trinajstić information content (AvgIpc) is 2.58. The number of aliphatic hydroxyl groups excluding tert-OH is 4. The third-order valence-electron chi connectivity index (χ3n) is 2.96. The van der Waals surface area contributed by atoms with Crippen molar-refractivity contribution < 1.29 is 25.2 Å². The molecule has 96 valence electrons. The van der Waals surface area contributed by atoms with Gasteiger partial charge in [-0.15, -0.1) is 0 Å². The van der Waals surface area contributed by atoms with Crippen molar-refractivity contribution in [3.63, 3.8) is 0 Å². The van der Waals surface area contributed by atoms with Crippen molar-refractivity contribution in [1.29, 1.82) is 0 Å². The maximum Gasteiger partial charge on any atom is 0.111 e. The van der Waals surface area contributed by atoms with E-state index in [1.165, 1.54) is 0 Å². The van der Waals surface area contributed by atoms with Crippen molar-refractivity contribution in [1.82, 2.24) is 5.32 Å². The van der Waals surface area contributed by atoms with Crippen LogP contribution in [0.1, 0.15) is 13.3 Å². The van der Waals surface area contributed by atoms with Crippen molar-refractivity contribution in [2.45, 2.75) is 43.8 Å². The van der Waals surface area contributed by atoms with Gasteiger partial charge in [0.15, 0.2) is 0 Å². The Kier molecular flexibility index (Phi) is 5.60. The smallest absolute Gasteiger partial charge is 0.111 e. The largest absolute Gasteiger partial charge is 0.395 e. The minimum atomic E-state index is -1.05. The van der Waals surface area contributed by atoms with E-state index in [1.54, 1.807) is 0 Å². The predicted octanol–water partition coefficient (Wildman–Crippen LogP) is -2.17. The predicted molar refractivity (Wildman–Crippen MR) is 56.9 cm³/mol. The molecule has 0 bridgehead atoms. The number of rotatable bonds is 6. The molecular weight excluding hydrogens is 214 g/mol. The minimum Gasteiger partial charge on any atom is -0.395 e. The first-order chi connectivity index (χ1) is 7.63. The fraction of sp³-hybridized carbons (Fsp3) is 1.00. The summed E-state index contributed by atoms with van der Waals surface area (Å²) in [6.07, 6.45) is -2.55. The van der Waals surface area contributed by atoms with Crippen LogP contribution in [-0.4, -0.2) is 70.6 Å². The molecule has 0 radical (unpaired) electrons. The molecule has 1 aliphatic heterocycles. The van der Waals surface area contributed by atoms with Crippen molar-refractivity contribution in [3.8, 4) is 0 Å². The van der Waals surface area contributed by atoms with E-state index in [9.17, 15) is 10.2 Å². The second kappa shape index (κ2) is 6.48. The molecule has 1 saturated heterocycles. The number of hydrogen-bond acceptors (Lipinski definition) is 6. The van der Waals surface area contributed by atoms with Gasteiger partial charge < -0.3 is 30.5 Å². The maximum absolute atomic E-state index is 9.63. The van der Waals surface area contributed by atoms with Gasteiger partial charge in [-0.3, -0.25) is 0 Å². The van der Waals surface area contributed by atoms with Crippen molar-refractivity contribution in [2.24, 2.45) is 0 Å². The van der Waals surface area contributed by atoms with Gasteiger partial charge in [0, 0.05) is 12.6 Å². The summed E-state index contributed by atoms with van der Waals surface area (Å²) in [6.45, 7) is 1.98. The van der Waals surface area contributed by atoms with E-state index in [-0.39, 0.29) is 19.3 Å². The van der Waals surface area contributed by atoms with Crippen LogP contribution in [0.2, 0.25) is 0 Å². The summed E-state index contributed by atoms with van der Waals surface area (Å²) in [7, 11) is 0. The van der Waals surface area contributed by atoms with Gasteiger partial charge >= 0.3 is 0 Å². The van der Waals surface area contributed by atoms with Crippen LogP contribution < -0.4 is 5.32 Å². The van der Waals surface area contributed by atoms with Gasteiger partial charge in [-0.1, -0.05) is 6.92 Å². The maximum atomic E-state index is 9.63. The normalized spacial score (nSPS) is 36.6. The van der Waals surface area contributed by atoms with Crippen LogP contribution in [0.15, 0.2) is 0 Å². The molecule has 0 spiro atoms. The lowest BCUT2D eigenvalue weighted by molar-refractivity contribution is -0.0223. The highest BCUT2D eigenvalue weighted by Crippen LogP contribution is 2.20. The first-order valence-electron chi connectivity index (χ1n) is 5.60. The van der Waals surface area contributed by atoms with Crippen molar-refractivity contribution >= 4 is 0 Å². The lowest BCUT2D eigenvalue weighted by Crippen LogP contribution is -2.42. The van der Waals surface area contributed by atoms with E-state index in [0.717, 1.165) is 6.42 Å². The zero-order chi connectivity index (χ0) is 12.1. The third-order valence-corrected chi connectivity index (χ3v) is 2.96. The van der Waals surface area contributed by atoms with Gasteiger partial charge in [0.1, 0.15) is 18.3 Å². The highest BCUT2D eigenvalue weighted by Gasteiger charge is 2.41. The summed E-state index contributed by atoms with van der Waals surface area (Å²) in [4.78, 5) is 0. The quantitative estimate of drug-likeness (QED) is 0.359. The molecule has 0 aromatic rings. The molecule has 6 heteroatoms. The third kappa shape index (κ3) is 3.13. The molecule has 0 saturated carbocycles. The first kappa shape index (κ1) is 13.8. The lowest BCUT2D eigenvalue weighted by Gasteiger charge is -2.19. The van der Waals surface area contributed by atoms with Crippen LogP contribution in [0.25, 0.3) is 0 Å². The number of aliphatic hydroxyl groups is 4. The molecule has 0 amide bonds. The van der Waals surface area contributed by atoms with Crippen LogP contribution in [0.5, 0.6) is 0 Å². The van der Waals surface area contributed by atoms with Gasteiger partial charge in [-0.25, -0.2) is 0 Å². The van der Waals surface area contributed by atoms with Crippen LogP contribution >= 0.6 is 0 Å². The Bertz CT molecular complexity index is 200. The second-order valence-corrected chi connectivity index (χ2v) is 4.07. The fourth-order valence-corrected chi connectivity index (χ4v) is 1.77. The molecule has 0 aromatic heterocycles. The topological polar surface area (TPSA) is 102 Å². The Morgan fingerprint density at radius 2 is 1.81 bits per heavy atom. The summed E-state index contributed by atoms with van der Waals surface area (Å²) >= 11 is 0. The summed E-state index contributed by atoms with van der Waals surface area (Å²) < 4.78 is 5.28. The summed E-state index contributed by atoms with van der Waals surface area (Å²) in [5.41, 5.74) is 0. The molecule has 0 unspecified atom stereocenters. The van der Waals surface area contributed by atoms with Crippen LogP contribution in [0.4, 0.5) is 0 Å². The standard InChI is InChI=1S/C10H21NO5/c1-2-6(4-12)11-3-7-9(14)10(15)8(5-13)16-7/h6-15H,2-5H2,1H3/t6-,7-,8+,9+,10+/m0/s1.